The molecule has 0 aliphatic heterocycles. The van der Waals surface area contributed by atoms with Crippen LogP contribution < -0.4 is 11.5 Å². The lowest BCUT2D eigenvalue weighted by Gasteiger charge is -2.46. The van der Waals surface area contributed by atoms with Crippen molar-refractivity contribution in [1.82, 2.24) is 0 Å². The Kier molecular flexibility index (Phi) is 11.5. The Hall–Kier alpha value is -0.290. The molecule has 0 aromatic rings. The van der Waals surface area contributed by atoms with Crippen molar-refractivity contribution in [3.63, 3.8) is 0 Å². The van der Waals surface area contributed by atoms with Crippen LogP contribution in [0.2, 0.25) is 0 Å². The summed E-state index contributed by atoms with van der Waals surface area (Å²) in [6.45, 7) is 16.0. The van der Waals surface area contributed by atoms with Gasteiger partial charge >= 0.3 is 0 Å². The quantitative estimate of drug-likeness (QED) is 0.0964. The molecule has 3 aliphatic carbocycles. The molecule has 7 atom stereocenters. The fourth-order valence-corrected chi connectivity index (χ4v) is 10.7. The van der Waals surface area contributed by atoms with Crippen molar-refractivity contribution in [3.05, 3.63) is 11.6 Å². The van der Waals surface area contributed by atoms with Crippen LogP contribution in [-0.4, -0.2) is 23.5 Å². The van der Waals surface area contributed by atoms with E-state index in [9.17, 15) is 0 Å². The van der Waals surface area contributed by atoms with Crippen LogP contribution >= 0.6 is 21.6 Å². The fourth-order valence-electron chi connectivity index (χ4n) is 8.22. The number of allylic oxidation sites excluding steroid dienone is 2. The van der Waals surface area contributed by atoms with Gasteiger partial charge in [-0.15, -0.1) is 0 Å². The first kappa shape index (κ1) is 30.3. The number of fused-ring (bicyclic) bond motifs is 2. The average molecular weight is 536 g/mol. The number of nitrogens with two attached hydrogens (primary N) is 2. The first-order chi connectivity index (χ1) is 17.0. The second-order valence-electron chi connectivity index (χ2n) is 13.5. The van der Waals surface area contributed by atoms with Gasteiger partial charge in [-0.1, -0.05) is 100 Å². The summed E-state index contributed by atoms with van der Waals surface area (Å²) in [5.41, 5.74) is 13.7. The van der Waals surface area contributed by atoms with E-state index in [0.717, 1.165) is 47.1 Å². The van der Waals surface area contributed by atoms with Gasteiger partial charge in [-0.2, -0.15) is 0 Å². The van der Waals surface area contributed by atoms with E-state index >= 15 is 0 Å². The highest BCUT2D eigenvalue weighted by Crippen LogP contribution is 2.59. The molecule has 0 radical (unpaired) electrons. The van der Waals surface area contributed by atoms with Crippen LogP contribution in [0.25, 0.3) is 0 Å². The van der Waals surface area contributed by atoms with Crippen LogP contribution in [-0.2, 0) is 0 Å². The third-order valence-corrected chi connectivity index (χ3v) is 13.3. The number of nitrogens with zero attached hydrogens (tertiary/aromatic N) is 1. The summed E-state index contributed by atoms with van der Waals surface area (Å²) in [7, 11) is 4.03. The normalized spacial score (nSPS) is 37.5. The highest BCUT2D eigenvalue weighted by molar-refractivity contribution is 8.76. The molecule has 0 spiro atoms. The summed E-state index contributed by atoms with van der Waals surface area (Å²) in [5, 5.41) is 0.736. The molecular weight excluding hydrogens is 478 g/mol. The minimum absolute atomic E-state index is 0.208. The minimum Gasteiger partial charge on any atom is -0.370 e. The van der Waals surface area contributed by atoms with E-state index in [2.05, 4.69) is 63.4 Å². The predicted octanol–water partition coefficient (Wildman–Crippen LogP) is 8.83. The molecule has 3 nitrogen and oxygen atoms in total. The molecule has 3 rings (SSSR count). The van der Waals surface area contributed by atoms with Gasteiger partial charge in [-0.3, -0.25) is 4.99 Å². The number of hydrogen-bond acceptors (Lipinski definition) is 3. The Morgan fingerprint density at radius 3 is 2.58 bits per heavy atom. The van der Waals surface area contributed by atoms with Crippen molar-refractivity contribution in [2.45, 2.75) is 124 Å². The summed E-state index contributed by atoms with van der Waals surface area (Å²) in [6.07, 6.45) is 19.4. The van der Waals surface area contributed by atoms with Gasteiger partial charge in [0.05, 0.1) is 6.54 Å². The maximum atomic E-state index is 5.46. The molecule has 0 heterocycles. The smallest absolute Gasteiger partial charge is 0.185 e. The molecule has 208 valence electrons. The van der Waals surface area contributed by atoms with Crippen LogP contribution in [0.3, 0.4) is 0 Å². The molecule has 0 aromatic heterocycles. The zero-order valence-electron chi connectivity index (χ0n) is 24.4. The van der Waals surface area contributed by atoms with Crippen molar-refractivity contribution in [3.8, 4) is 0 Å². The number of rotatable bonds is 10. The van der Waals surface area contributed by atoms with Gasteiger partial charge < -0.3 is 11.5 Å². The summed E-state index contributed by atoms with van der Waals surface area (Å²) in [4.78, 5) is 4.13. The molecule has 2 fully saturated rings. The molecular formula is C31H57N3S2. The molecule has 3 aliphatic rings. The van der Waals surface area contributed by atoms with Crippen LogP contribution in [0.5, 0.6) is 0 Å². The second kappa shape index (κ2) is 13.7. The van der Waals surface area contributed by atoms with Crippen molar-refractivity contribution in [2.75, 3.05) is 12.3 Å². The third-order valence-electron chi connectivity index (χ3n) is 10.4. The Morgan fingerprint density at radius 1 is 1.08 bits per heavy atom. The lowest BCUT2D eigenvalue weighted by Crippen LogP contribution is -2.37. The molecule has 0 bridgehead atoms. The Morgan fingerprint density at radius 2 is 1.86 bits per heavy atom. The fraction of sp³-hybridized carbons (Fsp3) is 0.903. The lowest BCUT2D eigenvalue weighted by molar-refractivity contribution is 0.0606. The third kappa shape index (κ3) is 7.87. The molecule has 0 amide bonds. The van der Waals surface area contributed by atoms with Gasteiger partial charge in [-0.05, 0) is 91.8 Å². The highest BCUT2D eigenvalue weighted by Gasteiger charge is 2.50. The van der Waals surface area contributed by atoms with Gasteiger partial charge in [0.2, 0.25) is 0 Å². The Labute approximate surface area is 231 Å². The molecule has 0 aromatic carbocycles. The highest BCUT2D eigenvalue weighted by atomic mass is 33.1. The molecule has 6 unspecified atom stereocenters. The minimum atomic E-state index is 0.208. The zero-order valence-corrected chi connectivity index (χ0v) is 26.0. The summed E-state index contributed by atoms with van der Waals surface area (Å²) in [5.74, 6) is 5.56. The molecule has 4 N–H and O–H groups in total. The first-order valence-electron chi connectivity index (χ1n) is 15.1. The largest absolute Gasteiger partial charge is 0.370 e. The van der Waals surface area contributed by atoms with Crippen molar-refractivity contribution >= 4 is 27.5 Å². The zero-order chi connectivity index (χ0) is 26.3. The van der Waals surface area contributed by atoms with E-state index in [1.807, 2.05) is 10.8 Å². The lowest BCUT2D eigenvalue weighted by atomic mass is 9.60. The average Bonchev–Trinajstić information content (AvgIpc) is 3.15. The van der Waals surface area contributed by atoms with E-state index in [1.165, 1.54) is 77.0 Å². The van der Waals surface area contributed by atoms with E-state index in [0.29, 0.717) is 10.8 Å². The van der Waals surface area contributed by atoms with Crippen LogP contribution in [0.4, 0.5) is 0 Å². The van der Waals surface area contributed by atoms with Crippen LogP contribution in [0, 0.1) is 40.4 Å². The van der Waals surface area contributed by atoms with Crippen LogP contribution in [0.15, 0.2) is 16.6 Å². The number of aliphatic imine (C=N–C) groups is 1. The summed E-state index contributed by atoms with van der Waals surface area (Å²) < 4.78 is 0. The Balaban J connectivity index is 1.64. The van der Waals surface area contributed by atoms with Crippen molar-refractivity contribution in [2.24, 2.45) is 56.9 Å². The van der Waals surface area contributed by atoms with Crippen molar-refractivity contribution < 1.29 is 0 Å². The van der Waals surface area contributed by atoms with Gasteiger partial charge in [0.1, 0.15) is 0 Å². The van der Waals surface area contributed by atoms with Gasteiger partial charge in [0, 0.05) is 11.0 Å². The maximum Gasteiger partial charge on any atom is 0.185 e. The maximum absolute atomic E-state index is 5.46. The molecule has 5 heteroatoms. The monoisotopic (exact) mass is 535 g/mol. The first-order valence-corrected chi connectivity index (χ1v) is 17.5. The van der Waals surface area contributed by atoms with E-state index < -0.39 is 0 Å². The standard InChI is InChI=1S/C31H57N3S2/c1-22(2)9-7-10-23(3)27-13-14-28-24(4)11-12-25-21-26(36-35-20-19-34-29(32)33)15-18-30(25,5)16-8-17-31(27,28)6/h12,22-24,26-28H,7-11,13-21H2,1-6H3,(H4,32,33,34)/b25-12-/t23-,24?,26?,27?,28?,30?,31?/m0/s1. The van der Waals surface area contributed by atoms with E-state index in [-0.39, 0.29) is 5.96 Å². The van der Waals surface area contributed by atoms with Gasteiger partial charge in [0.15, 0.2) is 5.96 Å². The van der Waals surface area contributed by atoms with E-state index in [1.54, 1.807) is 5.57 Å². The summed E-state index contributed by atoms with van der Waals surface area (Å²) >= 11 is 0. The van der Waals surface area contributed by atoms with Crippen LogP contribution in [0.1, 0.15) is 119 Å². The molecule has 0 saturated heterocycles. The SMILES string of the molecule is CC(C)CCC[C@H](C)C1CCC2C(C)C/C=C3/CC(SSCCN=C(N)N)CCC3(C)CCCC21C. The topological polar surface area (TPSA) is 64.4 Å². The van der Waals surface area contributed by atoms with Gasteiger partial charge in [0.25, 0.3) is 0 Å². The second-order valence-corrected chi connectivity index (χ2v) is 16.3. The molecule has 2 saturated carbocycles. The molecule has 36 heavy (non-hydrogen) atoms. The Bertz CT molecular complexity index is 746. The number of guanidine groups is 1. The summed E-state index contributed by atoms with van der Waals surface area (Å²) in [6, 6.07) is 0. The van der Waals surface area contributed by atoms with E-state index in [4.69, 9.17) is 11.5 Å². The van der Waals surface area contributed by atoms with Crippen molar-refractivity contribution in [1.29, 1.82) is 0 Å². The predicted molar refractivity (Wildman–Crippen MR) is 164 cm³/mol. The number of hydrogen-bond donors (Lipinski definition) is 2. The van der Waals surface area contributed by atoms with Gasteiger partial charge in [-0.25, -0.2) is 0 Å².